The van der Waals surface area contributed by atoms with E-state index in [0.29, 0.717) is 102 Å². The number of ether oxygens (including phenoxy) is 8. The van der Waals surface area contributed by atoms with Crippen molar-refractivity contribution in [2.24, 2.45) is 0 Å². The van der Waals surface area contributed by atoms with Crippen LogP contribution in [0.3, 0.4) is 0 Å². The van der Waals surface area contributed by atoms with Gasteiger partial charge in [0.25, 0.3) is 0 Å². The largest absolute Gasteiger partial charge is 0.673 e. The van der Waals surface area contributed by atoms with Gasteiger partial charge in [-0.2, -0.15) is 9.13 Å². The molecular formula is C38H50B2F8N2O8. The minimum atomic E-state index is -6.00. The van der Waals surface area contributed by atoms with Crippen molar-refractivity contribution >= 4 is 14.5 Å². The number of benzene rings is 2. The molecule has 1 aliphatic heterocycles. The first kappa shape index (κ1) is 49.5. The van der Waals surface area contributed by atoms with Gasteiger partial charge in [-0.05, 0) is 49.2 Å². The van der Waals surface area contributed by atoms with E-state index >= 15 is 0 Å². The zero-order chi connectivity index (χ0) is 42.5. The molecule has 322 valence electrons. The van der Waals surface area contributed by atoms with Crippen LogP contribution < -0.4 is 28.1 Å². The molecule has 0 unspecified atom stereocenters. The predicted molar refractivity (Wildman–Crippen MR) is 201 cm³/mol. The van der Waals surface area contributed by atoms with Crippen molar-refractivity contribution in [3.05, 3.63) is 109 Å². The van der Waals surface area contributed by atoms with Gasteiger partial charge < -0.3 is 72.4 Å². The molecule has 0 N–H and O–H groups in total. The van der Waals surface area contributed by atoms with Crippen LogP contribution in [0.2, 0.25) is 0 Å². The van der Waals surface area contributed by atoms with Crippen molar-refractivity contribution in [2.75, 3.05) is 79.3 Å². The summed E-state index contributed by atoms with van der Waals surface area (Å²) in [6, 6.07) is 23.7. The van der Waals surface area contributed by atoms with E-state index in [1.165, 1.54) is 11.1 Å². The maximum absolute atomic E-state index is 9.75. The summed E-state index contributed by atoms with van der Waals surface area (Å²) in [6.07, 6.45) is 8.52. The SMILES string of the molecule is Cc1cc[n+](CC[n+]2ccc(C)cc2)cc1.F[B-](F)(F)F.F[B-](F)(F)F.c1ccc2c(c1)OCCOCCOCCOc1ccccc1OCCOCCOCCO2. The summed E-state index contributed by atoms with van der Waals surface area (Å²) in [5, 5.41) is 0. The monoisotopic (exact) mass is 836 g/mol. The van der Waals surface area contributed by atoms with E-state index in [1.54, 1.807) is 0 Å². The van der Waals surface area contributed by atoms with Crippen molar-refractivity contribution in [1.29, 1.82) is 0 Å². The molecule has 0 aliphatic carbocycles. The molecule has 2 aromatic carbocycles. The Kier molecular flexibility index (Phi) is 24.5. The Morgan fingerprint density at radius 3 is 0.810 bits per heavy atom. The molecule has 5 rings (SSSR count). The maximum atomic E-state index is 9.75. The number of aromatic nitrogens is 2. The standard InChI is InChI=1S/C24H32O8.C14H18N2.2BF4/c1-2-6-22-21(5-1)29-17-13-25-9-10-27-15-19-31-23-7-3-4-8-24(23)32-20-16-28-12-11-26-14-18-30-22;1-13-3-7-15(8-4-13)11-12-16-9-5-14(2)6-10-16;2*2-1(3,4)5/h1-8H,9-20H2;3-10H,11-12H2,1-2H3;;/q;+2;2*-1. The predicted octanol–water partition coefficient (Wildman–Crippen LogP) is 7.16. The number of rotatable bonds is 3. The van der Waals surface area contributed by atoms with Crippen LogP contribution in [0.1, 0.15) is 11.1 Å². The van der Waals surface area contributed by atoms with E-state index in [9.17, 15) is 34.5 Å². The third-order valence-electron chi connectivity index (χ3n) is 7.12. The number of halogens is 8. The molecule has 10 nitrogen and oxygen atoms in total. The van der Waals surface area contributed by atoms with Gasteiger partial charge in [-0.15, -0.1) is 0 Å². The highest BCUT2D eigenvalue weighted by Crippen LogP contribution is 2.27. The Labute approximate surface area is 333 Å². The van der Waals surface area contributed by atoms with Gasteiger partial charge >= 0.3 is 14.5 Å². The number of hydrogen-bond donors (Lipinski definition) is 0. The lowest BCUT2D eigenvalue weighted by Crippen LogP contribution is -2.43. The number of hydrogen-bond acceptors (Lipinski definition) is 8. The highest BCUT2D eigenvalue weighted by molar-refractivity contribution is 6.50. The smallest absolute Gasteiger partial charge is 0.487 e. The molecule has 0 bridgehead atoms. The molecule has 2 aromatic heterocycles. The van der Waals surface area contributed by atoms with Crippen LogP contribution in [-0.2, 0) is 32.0 Å². The van der Waals surface area contributed by atoms with Crippen molar-refractivity contribution in [3.63, 3.8) is 0 Å². The van der Waals surface area contributed by atoms with E-state index in [0.717, 1.165) is 13.1 Å². The fraction of sp³-hybridized carbons (Fsp3) is 0.421. The van der Waals surface area contributed by atoms with Crippen LogP contribution in [0.4, 0.5) is 34.5 Å². The maximum Gasteiger partial charge on any atom is 0.673 e. The van der Waals surface area contributed by atoms with Gasteiger partial charge in [0.1, 0.15) is 26.4 Å². The average molecular weight is 836 g/mol. The lowest BCUT2D eigenvalue weighted by Gasteiger charge is -2.14. The van der Waals surface area contributed by atoms with Crippen molar-refractivity contribution in [3.8, 4) is 23.0 Å². The average Bonchev–Trinajstić information content (AvgIpc) is 3.16. The van der Waals surface area contributed by atoms with E-state index < -0.39 is 14.5 Å². The summed E-state index contributed by atoms with van der Waals surface area (Å²) in [5.41, 5.74) is 2.61. The summed E-state index contributed by atoms with van der Waals surface area (Å²) in [5.74, 6) is 2.73. The van der Waals surface area contributed by atoms with Gasteiger partial charge in [0, 0.05) is 24.3 Å². The third-order valence-corrected chi connectivity index (χ3v) is 7.12. The molecular weight excluding hydrogens is 786 g/mol. The second-order valence-electron chi connectivity index (χ2n) is 12.0. The van der Waals surface area contributed by atoms with Crippen LogP contribution >= 0.6 is 0 Å². The lowest BCUT2D eigenvalue weighted by molar-refractivity contribution is -0.778. The van der Waals surface area contributed by atoms with Crippen LogP contribution in [0.5, 0.6) is 23.0 Å². The number of fused-ring (bicyclic) bond motifs is 2. The van der Waals surface area contributed by atoms with Crippen molar-refractivity contribution in [2.45, 2.75) is 26.9 Å². The normalized spacial score (nSPS) is 15.0. The first-order valence-electron chi connectivity index (χ1n) is 18.3. The number of pyridine rings is 2. The molecule has 0 amide bonds. The lowest BCUT2D eigenvalue weighted by atomic mass is 10.3. The third kappa shape index (κ3) is 27.9. The first-order valence-corrected chi connectivity index (χ1v) is 18.3. The summed E-state index contributed by atoms with van der Waals surface area (Å²) in [6.45, 7) is 11.7. The van der Waals surface area contributed by atoms with E-state index in [2.05, 4.69) is 72.0 Å². The first-order chi connectivity index (χ1) is 27.7. The minimum Gasteiger partial charge on any atom is -0.487 e. The molecule has 20 heteroatoms. The highest BCUT2D eigenvalue weighted by Gasteiger charge is 2.21. The summed E-state index contributed by atoms with van der Waals surface area (Å²) in [7, 11) is -12.0. The zero-order valence-corrected chi connectivity index (χ0v) is 32.5. The van der Waals surface area contributed by atoms with Crippen molar-refractivity contribution < 1.29 is 81.6 Å². The van der Waals surface area contributed by atoms with Gasteiger partial charge in [-0.25, -0.2) is 0 Å². The summed E-state index contributed by atoms with van der Waals surface area (Å²) >= 11 is 0. The van der Waals surface area contributed by atoms with Gasteiger partial charge in [0.15, 0.2) is 47.8 Å². The van der Waals surface area contributed by atoms with E-state index in [-0.39, 0.29) is 0 Å². The van der Waals surface area contributed by atoms with Crippen molar-refractivity contribution in [1.82, 2.24) is 0 Å². The molecule has 58 heavy (non-hydrogen) atoms. The van der Waals surface area contributed by atoms with Crippen LogP contribution in [0.25, 0.3) is 0 Å². The molecule has 0 spiro atoms. The fourth-order valence-corrected chi connectivity index (χ4v) is 4.46. The van der Waals surface area contributed by atoms with Crippen LogP contribution in [0, 0.1) is 13.8 Å². The zero-order valence-electron chi connectivity index (χ0n) is 32.5. The van der Waals surface area contributed by atoms with Gasteiger partial charge in [-0.1, -0.05) is 24.3 Å². The number of nitrogens with zero attached hydrogens (tertiary/aromatic N) is 2. The molecule has 4 aromatic rings. The number of para-hydroxylation sites is 4. The minimum absolute atomic E-state index is 0.425. The van der Waals surface area contributed by atoms with E-state index in [4.69, 9.17) is 37.9 Å². The fourth-order valence-electron chi connectivity index (χ4n) is 4.46. The molecule has 0 radical (unpaired) electrons. The Balaban J connectivity index is 0.000000366. The second-order valence-corrected chi connectivity index (χ2v) is 12.0. The van der Waals surface area contributed by atoms with Crippen LogP contribution in [-0.4, -0.2) is 93.8 Å². The number of aryl methyl sites for hydroxylation is 4. The van der Waals surface area contributed by atoms with Gasteiger partial charge in [-0.3, -0.25) is 0 Å². The molecule has 0 fully saturated rings. The quantitative estimate of drug-likeness (QED) is 0.122. The second kappa shape index (κ2) is 28.7. The summed E-state index contributed by atoms with van der Waals surface area (Å²) in [4.78, 5) is 0. The van der Waals surface area contributed by atoms with E-state index in [1.807, 2.05) is 48.5 Å². The molecule has 0 saturated heterocycles. The van der Waals surface area contributed by atoms with Gasteiger partial charge in [0.2, 0.25) is 13.1 Å². The Morgan fingerprint density at radius 1 is 0.379 bits per heavy atom. The summed E-state index contributed by atoms with van der Waals surface area (Å²) < 4.78 is 128. The highest BCUT2D eigenvalue weighted by atomic mass is 19.5. The topological polar surface area (TPSA) is 81.6 Å². The Bertz CT molecular complexity index is 1450. The van der Waals surface area contributed by atoms with Crippen LogP contribution in [0.15, 0.2) is 97.6 Å². The molecule has 0 saturated carbocycles. The molecule has 1 aliphatic rings. The Morgan fingerprint density at radius 2 is 0.586 bits per heavy atom. The Hall–Kier alpha value is -4.65. The molecule has 3 heterocycles. The van der Waals surface area contributed by atoms with Gasteiger partial charge in [0.05, 0.1) is 52.9 Å². The molecule has 0 atom stereocenters.